The van der Waals surface area contributed by atoms with Crippen molar-refractivity contribution in [2.45, 2.75) is 18.9 Å². The highest BCUT2D eigenvalue weighted by Gasteiger charge is 2.25. The molecule has 0 spiro atoms. The molecular formula is C9H16N2O3. The minimum atomic E-state index is -0.390. The molecule has 5 heteroatoms. The first-order chi connectivity index (χ1) is 6.65. The molecule has 0 aliphatic carbocycles. The second kappa shape index (κ2) is 4.95. The highest BCUT2D eigenvalue weighted by Crippen LogP contribution is 2.07. The van der Waals surface area contributed by atoms with Crippen molar-refractivity contribution in [2.75, 3.05) is 27.2 Å². The van der Waals surface area contributed by atoms with E-state index in [0.717, 1.165) is 19.4 Å². The molecule has 1 aliphatic heterocycles. The Balaban J connectivity index is 2.39. The molecule has 0 saturated carbocycles. The Morgan fingerprint density at radius 3 is 2.79 bits per heavy atom. The summed E-state index contributed by atoms with van der Waals surface area (Å²) in [6.45, 7) is 0.899. The normalized spacial score (nSPS) is 20.6. The van der Waals surface area contributed by atoms with E-state index in [4.69, 9.17) is 0 Å². The number of esters is 1. The summed E-state index contributed by atoms with van der Waals surface area (Å²) in [6.07, 6.45) is 1.87. The number of nitrogens with one attached hydrogen (secondary N) is 1. The first-order valence-corrected chi connectivity index (χ1v) is 4.70. The van der Waals surface area contributed by atoms with Crippen molar-refractivity contribution in [2.24, 2.45) is 0 Å². The highest BCUT2D eigenvalue weighted by molar-refractivity contribution is 5.85. The second-order valence-corrected chi connectivity index (χ2v) is 3.42. The molecule has 1 fully saturated rings. The molecule has 0 aromatic rings. The van der Waals surface area contributed by atoms with Gasteiger partial charge >= 0.3 is 5.97 Å². The molecule has 80 valence electrons. The standard InChI is InChI=1S/C9H16N2O3/c1-11(6-8(12)14-2)9(13)7-4-3-5-10-7/h7,10H,3-6H2,1-2H3/t7-/m1/s1. The molecule has 0 aromatic carbocycles. The molecule has 1 atom stereocenters. The summed E-state index contributed by atoms with van der Waals surface area (Å²) in [7, 11) is 2.92. The fourth-order valence-corrected chi connectivity index (χ4v) is 1.50. The van der Waals surface area contributed by atoms with Gasteiger partial charge in [-0.1, -0.05) is 0 Å². The predicted octanol–water partition coefficient (Wildman–Crippen LogP) is -0.630. The van der Waals surface area contributed by atoms with Gasteiger partial charge in [-0.15, -0.1) is 0 Å². The Kier molecular flexibility index (Phi) is 3.88. The van der Waals surface area contributed by atoms with Gasteiger partial charge in [0.25, 0.3) is 0 Å². The maximum absolute atomic E-state index is 11.7. The van der Waals surface area contributed by atoms with Crippen LogP contribution in [0.1, 0.15) is 12.8 Å². The molecule has 1 N–H and O–H groups in total. The largest absolute Gasteiger partial charge is 0.468 e. The number of carbonyl (C=O) groups is 2. The Morgan fingerprint density at radius 1 is 1.57 bits per heavy atom. The van der Waals surface area contributed by atoms with Gasteiger partial charge in [0.05, 0.1) is 13.2 Å². The highest BCUT2D eigenvalue weighted by atomic mass is 16.5. The number of likely N-dealkylation sites (N-methyl/N-ethyl adjacent to an activating group) is 1. The number of nitrogens with zero attached hydrogens (tertiary/aromatic N) is 1. The van der Waals surface area contributed by atoms with Gasteiger partial charge in [0.2, 0.25) is 5.91 Å². The summed E-state index contributed by atoms with van der Waals surface area (Å²) in [5, 5.41) is 3.09. The molecule has 1 saturated heterocycles. The van der Waals surface area contributed by atoms with E-state index in [2.05, 4.69) is 10.1 Å². The minimum Gasteiger partial charge on any atom is -0.468 e. The molecule has 0 aromatic heterocycles. The smallest absolute Gasteiger partial charge is 0.325 e. The third-order valence-corrected chi connectivity index (χ3v) is 2.33. The van der Waals surface area contributed by atoms with Crippen LogP contribution < -0.4 is 5.32 Å². The molecule has 0 radical (unpaired) electrons. The third kappa shape index (κ3) is 2.70. The quantitative estimate of drug-likeness (QED) is 0.616. The SMILES string of the molecule is COC(=O)CN(C)C(=O)[C@H]1CCCN1. The Labute approximate surface area is 83.4 Å². The molecule has 0 unspecified atom stereocenters. The Bertz CT molecular complexity index is 224. The van der Waals surface area contributed by atoms with E-state index >= 15 is 0 Å². The molecular weight excluding hydrogens is 184 g/mol. The molecule has 1 aliphatic rings. The van der Waals surface area contributed by atoms with Crippen LogP contribution in [0, 0.1) is 0 Å². The van der Waals surface area contributed by atoms with E-state index in [9.17, 15) is 9.59 Å². The number of ether oxygens (including phenoxy) is 1. The van der Waals surface area contributed by atoms with Crippen molar-refractivity contribution < 1.29 is 14.3 Å². The molecule has 5 nitrogen and oxygen atoms in total. The molecule has 0 bridgehead atoms. The minimum absolute atomic E-state index is 0.0213. The number of hydrogen-bond acceptors (Lipinski definition) is 4. The first kappa shape index (κ1) is 11.0. The maximum atomic E-state index is 11.7. The Hall–Kier alpha value is -1.10. The third-order valence-electron chi connectivity index (χ3n) is 2.33. The monoisotopic (exact) mass is 200 g/mol. The van der Waals surface area contributed by atoms with Crippen molar-refractivity contribution in [1.82, 2.24) is 10.2 Å². The Morgan fingerprint density at radius 2 is 2.29 bits per heavy atom. The fourth-order valence-electron chi connectivity index (χ4n) is 1.50. The summed E-state index contributed by atoms with van der Waals surface area (Å²) in [5.74, 6) is -0.424. The number of rotatable bonds is 3. The average molecular weight is 200 g/mol. The topological polar surface area (TPSA) is 58.6 Å². The van der Waals surface area contributed by atoms with Crippen molar-refractivity contribution >= 4 is 11.9 Å². The van der Waals surface area contributed by atoms with Crippen LogP contribution in [0.4, 0.5) is 0 Å². The molecule has 1 heterocycles. The van der Waals surface area contributed by atoms with E-state index in [1.807, 2.05) is 0 Å². The van der Waals surface area contributed by atoms with Gasteiger partial charge in [0, 0.05) is 7.05 Å². The van der Waals surface area contributed by atoms with E-state index < -0.39 is 0 Å². The molecule has 1 rings (SSSR count). The summed E-state index contributed by atoms with van der Waals surface area (Å²) in [6, 6.07) is -0.121. The zero-order chi connectivity index (χ0) is 10.6. The van der Waals surface area contributed by atoms with Crippen molar-refractivity contribution in [1.29, 1.82) is 0 Å². The van der Waals surface area contributed by atoms with E-state index in [1.54, 1.807) is 7.05 Å². The van der Waals surface area contributed by atoms with Crippen molar-refractivity contribution in [3.63, 3.8) is 0 Å². The fraction of sp³-hybridized carbons (Fsp3) is 0.778. The number of amides is 1. The van der Waals surface area contributed by atoms with Gasteiger partial charge < -0.3 is 15.0 Å². The lowest BCUT2D eigenvalue weighted by molar-refractivity contribution is -0.146. The van der Waals surface area contributed by atoms with Gasteiger partial charge in [0.15, 0.2) is 0 Å². The van der Waals surface area contributed by atoms with E-state index in [1.165, 1.54) is 12.0 Å². The van der Waals surface area contributed by atoms with Gasteiger partial charge in [-0.3, -0.25) is 9.59 Å². The van der Waals surface area contributed by atoms with Crippen molar-refractivity contribution in [3.8, 4) is 0 Å². The van der Waals surface area contributed by atoms with Crippen LogP contribution in [0.25, 0.3) is 0 Å². The summed E-state index contributed by atoms with van der Waals surface area (Å²) < 4.78 is 4.48. The van der Waals surface area contributed by atoms with Crippen molar-refractivity contribution in [3.05, 3.63) is 0 Å². The van der Waals surface area contributed by atoms with Gasteiger partial charge in [-0.05, 0) is 19.4 Å². The van der Waals surface area contributed by atoms with E-state index in [0.29, 0.717) is 0 Å². The first-order valence-electron chi connectivity index (χ1n) is 4.70. The van der Waals surface area contributed by atoms with Crippen LogP contribution in [0.3, 0.4) is 0 Å². The molecule has 1 amide bonds. The predicted molar refractivity (Wildman–Crippen MR) is 50.7 cm³/mol. The van der Waals surface area contributed by atoms with Crippen LogP contribution in [-0.2, 0) is 14.3 Å². The summed E-state index contributed by atoms with van der Waals surface area (Å²) in [5.41, 5.74) is 0. The summed E-state index contributed by atoms with van der Waals surface area (Å²) >= 11 is 0. The van der Waals surface area contributed by atoms with Crippen LogP contribution in [0.15, 0.2) is 0 Å². The van der Waals surface area contributed by atoms with Crippen LogP contribution >= 0.6 is 0 Å². The maximum Gasteiger partial charge on any atom is 0.325 e. The molecule has 14 heavy (non-hydrogen) atoms. The second-order valence-electron chi connectivity index (χ2n) is 3.42. The number of hydrogen-bond donors (Lipinski definition) is 1. The number of methoxy groups -OCH3 is 1. The zero-order valence-electron chi connectivity index (χ0n) is 8.58. The lowest BCUT2D eigenvalue weighted by Gasteiger charge is -2.19. The van der Waals surface area contributed by atoms with Crippen LogP contribution in [-0.4, -0.2) is 50.1 Å². The van der Waals surface area contributed by atoms with Gasteiger partial charge in [-0.2, -0.15) is 0 Å². The van der Waals surface area contributed by atoms with Gasteiger partial charge in [0.1, 0.15) is 6.54 Å². The lowest BCUT2D eigenvalue weighted by atomic mass is 10.2. The summed E-state index contributed by atoms with van der Waals surface area (Å²) in [4.78, 5) is 24.0. The average Bonchev–Trinajstić information content (AvgIpc) is 2.69. The lowest BCUT2D eigenvalue weighted by Crippen LogP contribution is -2.43. The van der Waals surface area contributed by atoms with Crippen LogP contribution in [0.5, 0.6) is 0 Å². The van der Waals surface area contributed by atoms with E-state index in [-0.39, 0.29) is 24.5 Å². The van der Waals surface area contributed by atoms with Gasteiger partial charge in [-0.25, -0.2) is 0 Å². The zero-order valence-corrected chi connectivity index (χ0v) is 8.58. The number of carbonyl (C=O) groups excluding carboxylic acids is 2. The van der Waals surface area contributed by atoms with Crippen LogP contribution in [0.2, 0.25) is 0 Å².